The third-order valence-electron chi connectivity index (χ3n) is 2.78. The molecule has 3 nitrogen and oxygen atoms in total. The van der Waals surface area contributed by atoms with Crippen LogP contribution in [0.25, 0.3) is 10.9 Å². The van der Waals surface area contributed by atoms with Gasteiger partial charge in [0.1, 0.15) is 0 Å². The zero-order valence-corrected chi connectivity index (χ0v) is 10.3. The molecule has 0 amide bonds. The van der Waals surface area contributed by atoms with E-state index >= 15 is 0 Å². The predicted octanol–water partition coefficient (Wildman–Crippen LogP) is 3.68. The van der Waals surface area contributed by atoms with Gasteiger partial charge >= 0.3 is 0 Å². The molecule has 0 aliphatic heterocycles. The van der Waals surface area contributed by atoms with Crippen LogP contribution in [-0.2, 0) is 0 Å². The standard InChI is InChI=1S/C16H13N3/c1-2-7-14(8-3-1)19-17-12-15-11-10-13-6-4-5-9-16(13)18-15/h1-12,19H/b17-12+. The maximum Gasteiger partial charge on any atom is 0.0838 e. The molecule has 2 aromatic carbocycles. The smallest absolute Gasteiger partial charge is 0.0838 e. The highest BCUT2D eigenvalue weighted by atomic mass is 15.3. The number of fused-ring (bicyclic) bond motifs is 1. The molecule has 0 bridgehead atoms. The molecule has 0 atom stereocenters. The minimum atomic E-state index is 0.835. The Morgan fingerprint density at radius 1 is 0.842 bits per heavy atom. The number of rotatable bonds is 3. The molecule has 92 valence electrons. The molecule has 1 heterocycles. The monoisotopic (exact) mass is 247 g/mol. The van der Waals surface area contributed by atoms with Gasteiger partial charge in [-0.1, -0.05) is 42.5 Å². The predicted molar refractivity (Wildman–Crippen MR) is 79.4 cm³/mol. The summed E-state index contributed by atoms with van der Waals surface area (Å²) in [6, 6.07) is 21.9. The zero-order valence-electron chi connectivity index (χ0n) is 10.3. The van der Waals surface area contributed by atoms with Crippen molar-refractivity contribution in [2.75, 3.05) is 5.43 Å². The number of nitrogens with zero attached hydrogens (tertiary/aromatic N) is 2. The van der Waals surface area contributed by atoms with Gasteiger partial charge in [-0.15, -0.1) is 0 Å². The Balaban J connectivity index is 1.78. The number of anilines is 1. The highest BCUT2D eigenvalue weighted by Gasteiger charge is 1.94. The minimum absolute atomic E-state index is 0.835. The van der Waals surface area contributed by atoms with Crippen molar-refractivity contribution >= 4 is 22.8 Å². The second-order valence-corrected chi connectivity index (χ2v) is 4.16. The average Bonchev–Trinajstić information content (AvgIpc) is 2.48. The van der Waals surface area contributed by atoms with Gasteiger partial charge < -0.3 is 0 Å². The number of para-hydroxylation sites is 2. The molecule has 0 aliphatic rings. The first kappa shape index (κ1) is 11.4. The molecule has 3 rings (SSSR count). The van der Waals surface area contributed by atoms with Crippen LogP contribution in [0.1, 0.15) is 5.69 Å². The molecule has 19 heavy (non-hydrogen) atoms. The lowest BCUT2D eigenvalue weighted by atomic mass is 10.2. The molecule has 0 aliphatic carbocycles. The van der Waals surface area contributed by atoms with E-state index < -0.39 is 0 Å². The zero-order chi connectivity index (χ0) is 12.9. The summed E-state index contributed by atoms with van der Waals surface area (Å²) in [6.45, 7) is 0. The van der Waals surface area contributed by atoms with Crippen LogP contribution in [0, 0.1) is 0 Å². The number of hydrogen-bond donors (Lipinski definition) is 1. The summed E-state index contributed by atoms with van der Waals surface area (Å²) in [5.41, 5.74) is 5.74. The first-order valence-electron chi connectivity index (χ1n) is 6.12. The molecule has 0 saturated carbocycles. The van der Waals surface area contributed by atoms with Crippen LogP contribution in [0.4, 0.5) is 5.69 Å². The van der Waals surface area contributed by atoms with E-state index in [1.807, 2.05) is 66.7 Å². The van der Waals surface area contributed by atoms with Crippen molar-refractivity contribution in [1.82, 2.24) is 4.98 Å². The lowest BCUT2D eigenvalue weighted by Gasteiger charge is -1.99. The third-order valence-corrected chi connectivity index (χ3v) is 2.78. The summed E-state index contributed by atoms with van der Waals surface area (Å²) in [7, 11) is 0. The molecule has 0 unspecified atom stereocenters. The Morgan fingerprint density at radius 3 is 2.53 bits per heavy atom. The second-order valence-electron chi connectivity index (χ2n) is 4.16. The van der Waals surface area contributed by atoms with Gasteiger partial charge in [0.2, 0.25) is 0 Å². The van der Waals surface area contributed by atoms with Crippen molar-refractivity contribution in [3.05, 3.63) is 72.4 Å². The Labute approximate surface area is 111 Å². The van der Waals surface area contributed by atoms with Gasteiger partial charge in [-0.25, -0.2) is 4.98 Å². The molecule has 0 spiro atoms. The molecule has 0 saturated heterocycles. The second kappa shape index (κ2) is 5.31. The van der Waals surface area contributed by atoms with Crippen LogP contribution < -0.4 is 5.43 Å². The SMILES string of the molecule is C(=N\Nc1ccccc1)/c1ccc2ccccc2n1. The number of aromatic nitrogens is 1. The van der Waals surface area contributed by atoms with Gasteiger partial charge in [-0.3, -0.25) is 5.43 Å². The molecule has 1 N–H and O–H groups in total. The van der Waals surface area contributed by atoms with Crippen molar-refractivity contribution in [2.45, 2.75) is 0 Å². The first-order chi connectivity index (χ1) is 9.42. The van der Waals surface area contributed by atoms with E-state index in [9.17, 15) is 0 Å². The maximum atomic E-state index is 4.52. The Morgan fingerprint density at radius 2 is 1.63 bits per heavy atom. The van der Waals surface area contributed by atoms with Crippen LogP contribution in [-0.4, -0.2) is 11.2 Å². The summed E-state index contributed by atoms with van der Waals surface area (Å²) < 4.78 is 0. The topological polar surface area (TPSA) is 37.3 Å². The Hall–Kier alpha value is -2.68. The van der Waals surface area contributed by atoms with Gasteiger partial charge in [0, 0.05) is 5.39 Å². The van der Waals surface area contributed by atoms with Gasteiger partial charge in [-0.05, 0) is 24.3 Å². The van der Waals surface area contributed by atoms with Crippen molar-refractivity contribution in [1.29, 1.82) is 0 Å². The van der Waals surface area contributed by atoms with Gasteiger partial charge in [0.05, 0.1) is 23.1 Å². The molecule has 0 radical (unpaired) electrons. The number of hydrazone groups is 1. The molecule has 3 heteroatoms. The summed E-state index contributed by atoms with van der Waals surface area (Å²) >= 11 is 0. The lowest BCUT2D eigenvalue weighted by Crippen LogP contribution is -1.92. The molecular weight excluding hydrogens is 234 g/mol. The quantitative estimate of drug-likeness (QED) is 0.566. The number of nitrogens with one attached hydrogen (secondary N) is 1. The van der Waals surface area contributed by atoms with E-state index in [2.05, 4.69) is 15.5 Å². The lowest BCUT2D eigenvalue weighted by molar-refractivity contribution is 1.32. The van der Waals surface area contributed by atoms with Gasteiger partial charge in [0.15, 0.2) is 0 Å². The van der Waals surface area contributed by atoms with E-state index in [1.54, 1.807) is 6.21 Å². The van der Waals surface area contributed by atoms with Crippen LogP contribution >= 0.6 is 0 Å². The summed E-state index contributed by atoms with van der Waals surface area (Å²) in [5.74, 6) is 0. The number of benzene rings is 2. The fourth-order valence-corrected chi connectivity index (χ4v) is 1.84. The van der Waals surface area contributed by atoms with E-state index in [0.29, 0.717) is 0 Å². The van der Waals surface area contributed by atoms with E-state index in [4.69, 9.17) is 0 Å². The van der Waals surface area contributed by atoms with E-state index in [-0.39, 0.29) is 0 Å². The van der Waals surface area contributed by atoms with Crippen molar-refractivity contribution in [3.8, 4) is 0 Å². The van der Waals surface area contributed by atoms with E-state index in [0.717, 1.165) is 22.3 Å². The van der Waals surface area contributed by atoms with Crippen molar-refractivity contribution < 1.29 is 0 Å². The first-order valence-corrected chi connectivity index (χ1v) is 6.12. The number of hydrogen-bond acceptors (Lipinski definition) is 3. The highest BCUT2D eigenvalue weighted by molar-refractivity contribution is 5.85. The highest BCUT2D eigenvalue weighted by Crippen LogP contribution is 2.11. The minimum Gasteiger partial charge on any atom is -0.278 e. The van der Waals surface area contributed by atoms with Crippen LogP contribution in [0.5, 0.6) is 0 Å². The molecule has 1 aromatic heterocycles. The Kier molecular flexibility index (Phi) is 3.19. The van der Waals surface area contributed by atoms with Crippen LogP contribution in [0.3, 0.4) is 0 Å². The fraction of sp³-hybridized carbons (Fsp3) is 0. The largest absolute Gasteiger partial charge is 0.278 e. The molecule has 3 aromatic rings. The summed E-state index contributed by atoms with van der Waals surface area (Å²) in [4.78, 5) is 4.52. The third kappa shape index (κ3) is 2.77. The van der Waals surface area contributed by atoms with Gasteiger partial charge in [0.25, 0.3) is 0 Å². The van der Waals surface area contributed by atoms with E-state index in [1.165, 1.54) is 0 Å². The average molecular weight is 247 g/mol. The van der Waals surface area contributed by atoms with Crippen molar-refractivity contribution in [3.63, 3.8) is 0 Å². The van der Waals surface area contributed by atoms with Gasteiger partial charge in [-0.2, -0.15) is 5.10 Å². The number of pyridine rings is 1. The van der Waals surface area contributed by atoms with Crippen molar-refractivity contribution in [2.24, 2.45) is 5.10 Å². The molecular formula is C16H13N3. The fourth-order valence-electron chi connectivity index (χ4n) is 1.84. The van der Waals surface area contributed by atoms with Crippen LogP contribution in [0.15, 0.2) is 71.8 Å². The molecule has 0 fully saturated rings. The summed E-state index contributed by atoms with van der Waals surface area (Å²) in [5, 5.41) is 5.32. The maximum absolute atomic E-state index is 4.52. The Bertz CT molecular complexity index is 705. The summed E-state index contributed by atoms with van der Waals surface area (Å²) in [6.07, 6.45) is 1.72. The van der Waals surface area contributed by atoms with Crippen LogP contribution in [0.2, 0.25) is 0 Å². The normalized spacial score (nSPS) is 10.9.